The summed E-state index contributed by atoms with van der Waals surface area (Å²) in [5.41, 5.74) is 0. The Morgan fingerprint density at radius 3 is 3.00 bits per heavy atom. The fraction of sp³-hybridized carbons (Fsp3) is 0.400. The van der Waals surface area contributed by atoms with Gasteiger partial charge in [0.1, 0.15) is 23.5 Å². The van der Waals surface area contributed by atoms with Gasteiger partial charge in [0.15, 0.2) is 5.16 Å². The summed E-state index contributed by atoms with van der Waals surface area (Å²) in [6, 6.07) is 1.91. The molecule has 1 N–H and O–H groups in total. The van der Waals surface area contributed by atoms with E-state index < -0.39 is 0 Å². The number of nitrogens with zero attached hydrogens (tertiary/aromatic N) is 5. The number of nitrogens with one attached hydrogen (secondary N) is 1. The zero-order chi connectivity index (χ0) is 12.1. The lowest BCUT2D eigenvalue weighted by Crippen LogP contribution is -2.02. The lowest BCUT2D eigenvalue weighted by Gasteiger charge is -2.04. The molecule has 0 aliphatic heterocycles. The summed E-state index contributed by atoms with van der Waals surface area (Å²) in [7, 11) is 1.90. The highest BCUT2D eigenvalue weighted by Gasteiger charge is 2.05. The highest BCUT2D eigenvalue weighted by molar-refractivity contribution is 7.99. The Labute approximate surface area is 104 Å². The lowest BCUT2D eigenvalue weighted by molar-refractivity contribution is 0.786. The zero-order valence-electron chi connectivity index (χ0n) is 9.79. The van der Waals surface area contributed by atoms with E-state index in [0.717, 1.165) is 29.0 Å². The minimum atomic E-state index is 0.810. The predicted octanol–water partition coefficient (Wildman–Crippen LogP) is 1.58. The Hall–Kier alpha value is -1.63. The van der Waals surface area contributed by atoms with E-state index in [1.54, 1.807) is 12.7 Å². The smallest absolute Gasteiger partial charge is 0.197 e. The third-order valence-corrected chi connectivity index (χ3v) is 3.05. The molecule has 2 heterocycles. The van der Waals surface area contributed by atoms with Crippen molar-refractivity contribution in [3.8, 4) is 0 Å². The number of anilines is 1. The van der Waals surface area contributed by atoms with E-state index in [4.69, 9.17) is 0 Å². The van der Waals surface area contributed by atoms with Crippen LogP contribution in [0, 0.1) is 0 Å². The van der Waals surface area contributed by atoms with E-state index in [1.807, 2.05) is 17.7 Å². The van der Waals surface area contributed by atoms with Gasteiger partial charge in [-0.05, 0) is 18.2 Å². The van der Waals surface area contributed by atoms with Crippen molar-refractivity contribution in [3.63, 3.8) is 0 Å². The van der Waals surface area contributed by atoms with Crippen LogP contribution >= 0.6 is 11.8 Å². The van der Waals surface area contributed by atoms with Crippen molar-refractivity contribution in [1.82, 2.24) is 24.7 Å². The van der Waals surface area contributed by atoms with Gasteiger partial charge in [-0.2, -0.15) is 0 Å². The van der Waals surface area contributed by atoms with Crippen LogP contribution in [-0.2, 0) is 7.05 Å². The molecule has 0 radical (unpaired) electrons. The fourth-order valence-corrected chi connectivity index (χ4v) is 1.94. The van der Waals surface area contributed by atoms with Crippen LogP contribution in [0.25, 0.3) is 0 Å². The maximum absolute atomic E-state index is 4.19. The monoisotopic (exact) mass is 250 g/mol. The maximum atomic E-state index is 4.19. The summed E-state index contributed by atoms with van der Waals surface area (Å²) in [5.74, 6) is 0.839. The number of hydrogen-bond donors (Lipinski definition) is 1. The molecule has 2 aromatic heterocycles. The van der Waals surface area contributed by atoms with Gasteiger partial charge in [-0.25, -0.2) is 9.97 Å². The number of rotatable bonds is 5. The first kappa shape index (κ1) is 11.8. The van der Waals surface area contributed by atoms with E-state index in [-0.39, 0.29) is 0 Å². The molecule has 90 valence electrons. The second kappa shape index (κ2) is 5.62. The molecule has 0 aromatic carbocycles. The molecule has 0 aliphatic carbocycles. The Kier molecular flexibility index (Phi) is 3.92. The summed E-state index contributed by atoms with van der Waals surface area (Å²) in [6.07, 6.45) is 4.28. The number of hydrogen-bond acceptors (Lipinski definition) is 6. The molecule has 7 heteroatoms. The van der Waals surface area contributed by atoms with E-state index in [2.05, 4.69) is 32.4 Å². The average molecular weight is 250 g/mol. The quantitative estimate of drug-likeness (QED) is 0.812. The van der Waals surface area contributed by atoms with Crippen LogP contribution in [-0.4, -0.2) is 31.3 Å². The molecule has 0 fully saturated rings. The minimum Gasteiger partial charge on any atom is -0.370 e. The van der Waals surface area contributed by atoms with Gasteiger partial charge in [-0.1, -0.05) is 6.92 Å². The molecule has 0 saturated carbocycles. The second-order valence-electron chi connectivity index (χ2n) is 3.49. The largest absolute Gasteiger partial charge is 0.370 e. The minimum absolute atomic E-state index is 0.810. The van der Waals surface area contributed by atoms with Gasteiger partial charge in [-0.15, -0.1) is 10.2 Å². The average Bonchev–Trinajstić information content (AvgIpc) is 2.73. The van der Waals surface area contributed by atoms with Gasteiger partial charge in [0.05, 0.1) is 0 Å². The molecule has 0 spiro atoms. The Morgan fingerprint density at radius 1 is 1.41 bits per heavy atom. The van der Waals surface area contributed by atoms with Crippen molar-refractivity contribution in [2.75, 3.05) is 11.9 Å². The summed E-state index contributed by atoms with van der Waals surface area (Å²) in [4.78, 5) is 8.34. The number of aryl methyl sites for hydroxylation is 1. The van der Waals surface area contributed by atoms with Crippen LogP contribution in [0.1, 0.15) is 13.3 Å². The van der Waals surface area contributed by atoms with Gasteiger partial charge in [0.25, 0.3) is 0 Å². The van der Waals surface area contributed by atoms with Crippen molar-refractivity contribution in [2.45, 2.75) is 23.5 Å². The third-order valence-electron chi connectivity index (χ3n) is 2.06. The molecular weight excluding hydrogens is 236 g/mol. The number of aromatic nitrogens is 5. The van der Waals surface area contributed by atoms with E-state index >= 15 is 0 Å². The molecule has 6 nitrogen and oxygen atoms in total. The summed E-state index contributed by atoms with van der Waals surface area (Å²) >= 11 is 1.47. The van der Waals surface area contributed by atoms with Gasteiger partial charge in [0, 0.05) is 19.7 Å². The standard InChI is InChI=1S/C10H14N6S/c1-3-4-11-8-5-9(13-6-12-8)17-10-15-14-7-16(10)2/h5-7H,3-4H2,1-2H3,(H,11,12,13). The molecule has 2 rings (SSSR count). The van der Waals surface area contributed by atoms with Crippen LogP contribution in [0.2, 0.25) is 0 Å². The van der Waals surface area contributed by atoms with Crippen molar-refractivity contribution in [1.29, 1.82) is 0 Å². The molecular formula is C10H14N6S. The van der Waals surface area contributed by atoms with Crippen molar-refractivity contribution >= 4 is 17.6 Å². The first-order chi connectivity index (χ1) is 8.29. The van der Waals surface area contributed by atoms with Gasteiger partial charge < -0.3 is 9.88 Å². The Balaban J connectivity index is 2.08. The predicted molar refractivity (Wildman–Crippen MR) is 65.9 cm³/mol. The highest BCUT2D eigenvalue weighted by atomic mass is 32.2. The molecule has 0 unspecified atom stereocenters. The van der Waals surface area contributed by atoms with Crippen molar-refractivity contribution in [2.24, 2.45) is 7.05 Å². The van der Waals surface area contributed by atoms with Crippen LogP contribution in [0.4, 0.5) is 5.82 Å². The molecule has 0 atom stereocenters. The van der Waals surface area contributed by atoms with E-state index in [1.165, 1.54) is 11.8 Å². The highest BCUT2D eigenvalue weighted by Crippen LogP contribution is 2.24. The van der Waals surface area contributed by atoms with Crippen LogP contribution in [0.15, 0.2) is 28.9 Å². The molecule has 2 aromatic rings. The Morgan fingerprint density at radius 2 is 2.29 bits per heavy atom. The first-order valence-electron chi connectivity index (χ1n) is 5.37. The molecule has 0 amide bonds. The summed E-state index contributed by atoms with van der Waals surface area (Å²) in [5, 5.41) is 12.7. The van der Waals surface area contributed by atoms with Gasteiger partial charge >= 0.3 is 0 Å². The van der Waals surface area contributed by atoms with Crippen LogP contribution in [0.5, 0.6) is 0 Å². The molecule has 0 saturated heterocycles. The molecule has 0 aliphatic rings. The van der Waals surface area contributed by atoms with Crippen LogP contribution in [0.3, 0.4) is 0 Å². The summed E-state index contributed by atoms with van der Waals surface area (Å²) < 4.78 is 1.85. The van der Waals surface area contributed by atoms with Crippen molar-refractivity contribution < 1.29 is 0 Å². The van der Waals surface area contributed by atoms with Gasteiger partial charge in [-0.3, -0.25) is 0 Å². The second-order valence-corrected chi connectivity index (χ2v) is 4.48. The first-order valence-corrected chi connectivity index (χ1v) is 6.19. The SMILES string of the molecule is CCCNc1cc(Sc2nncn2C)ncn1. The normalized spacial score (nSPS) is 10.5. The fourth-order valence-electron chi connectivity index (χ4n) is 1.20. The maximum Gasteiger partial charge on any atom is 0.197 e. The zero-order valence-corrected chi connectivity index (χ0v) is 10.6. The molecule has 17 heavy (non-hydrogen) atoms. The van der Waals surface area contributed by atoms with E-state index in [0.29, 0.717) is 0 Å². The van der Waals surface area contributed by atoms with E-state index in [9.17, 15) is 0 Å². The third kappa shape index (κ3) is 3.16. The lowest BCUT2D eigenvalue weighted by atomic mass is 10.4. The van der Waals surface area contributed by atoms with Crippen molar-refractivity contribution in [3.05, 3.63) is 18.7 Å². The van der Waals surface area contributed by atoms with Crippen LogP contribution < -0.4 is 5.32 Å². The topological polar surface area (TPSA) is 68.5 Å². The Bertz CT molecular complexity index is 483. The van der Waals surface area contributed by atoms with Gasteiger partial charge in [0.2, 0.25) is 0 Å². The molecule has 0 bridgehead atoms. The summed E-state index contributed by atoms with van der Waals surface area (Å²) in [6.45, 7) is 3.02.